The highest BCUT2D eigenvalue weighted by Gasteiger charge is 2.37. The average molecular weight is 461 g/mol. The molecular weight excluding hydrogens is 436 g/mol. The van der Waals surface area contributed by atoms with Crippen molar-refractivity contribution in [2.75, 3.05) is 7.11 Å². The van der Waals surface area contributed by atoms with Gasteiger partial charge in [-0.05, 0) is 41.8 Å². The predicted octanol–water partition coefficient (Wildman–Crippen LogP) is 0.860. The fraction of sp³-hybridized carbons (Fsp3) is 0.286. The monoisotopic (exact) mass is 460 g/mol. The molecule has 4 N–H and O–H groups in total. The summed E-state index contributed by atoms with van der Waals surface area (Å²) in [5.41, 5.74) is 1.47. The summed E-state index contributed by atoms with van der Waals surface area (Å²) in [5.74, 6) is 0.00331. The van der Waals surface area contributed by atoms with Crippen molar-refractivity contribution in [3.05, 3.63) is 59.7 Å². The number of rotatable bonds is 9. The van der Waals surface area contributed by atoms with Crippen LogP contribution in [-0.2, 0) is 32.7 Å². The molecule has 2 aromatic carbocycles. The quantitative estimate of drug-likeness (QED) is 0.473. The Morgan fingerprint density at radius 3 is 2.31 bits per heavy atom. The molecule has 1 atom stereocenters. The van der Waals surface area contributed by atoms with E-state index in [-0.39, 0.29) is 42.6 Å². The van der Waals surface area contributed by atoms with Gasteiger partial charge in [-0.15, -0.1) is 0 Å². The number of hydrogen-bond donors (Lipinski definition) is 3. The van der Waals surface area contributed by atoms with Crippen LogP contribution in [0.2, 0.25) is 0 Å². The first-order chi connectivity index (χ1) is 15.2. The summed E-state index contributed by atoms with van der Waals surface area (Å²) in [4.78, 5) is 38.0. The zero-order valence-electron chi connectivity index (χ0n) is 17.4. The van der Waals surface area contributed by atoms with E-state index in [2.05, 4.69) is 10.6 Å². The Kier molecular flexibility index (Phi) is 7.11. The van der Waals surface area contributed by atoms with E-state index in [1.807, 2.05) is 0 Å². The lowest BCUT2D eigenvalue weighted by Gasteiger charge is -2.13. The molecule has 0 spiro atoms. The molecule has 1 unspecified atom stereocenters. The van der Waals surface area contributed by atoms with Gasteiger partial charge in [-0.25, -0.2) is 18.4 Å². The molecule has 11 heteroatoms. The maximum atomic E-state index is 12.6. The van der Waals surface area contributed by atoms with Crippen molar-refractivity contribution >= 4 is 27.9 Å². The lowest BCUT2D eigenvalue weighted by Crippen LogP contribution is -2.32. The second-order valence-corrected chi connectivity index (χ2v) is 8.84. The van der Waals surface area contributed by atoms with E-state index < -0.39 is 22.1 Å². The first-order valence-electron chi connectivity index (χ1n) is 9.80. The Morgan fingerprint density at radius 1 is 1.09 bits per heavy atom. The molecule has 0 aromatic heterocycles. The average Bonchev–Trinajstić information content (AvgIpc) is 3.04. The maximum absolute atomic E-state index is 12.6. The Labute approximate surface area is 185 Å². The van der Waals surface area contributed by atoms with Crippen molar-refractivity contribution in [2.24, 2.45) is 5.14 Å². The molecule has 0 bridgehead atoms. The van der Waals surface area contributed by atoms with Crippen molar-refractivity contribution in [2.45, 2.75) is 36.9 Å². The van der Waals surface area contributed by atoms with Gasteiger partial charge in [0.1, 0.15) is 11.8 Å². The van der Waals surface area contributed by atoms with Crippen LogP contribution in [-0.4, -0.2) is 44.3 Å². The third-order valence-electron chi connectivity index (χ3n) is 5.01. The van der Waals surface area contributed by atoms with Gasteiger partial charge in [0.15, 0.2) is 0 Å². The number of imide groups is 1. The minimum atomic E-state index is -3.77. The van der Waals surface area contributed by atoms with E-state index in [0.29, 0.717) is 11.3 Å². The third kappa shape index (κ3) is 5.83. The number of urea groups is 1. The molecule has 1 aliphatic rings. The number of nitrogens with zero attached hydrogens (tertiary/aromatic N) is 1. The summed E-state index contributed by atoms with van der Waals surface area (Å²) < 4.78 is 27.6. The molecular formula is C21H24N4O6S. The first-order valence-corrected chi connectivity index (χ1v) is 11.4. The van der Waals surface area contributed by atoms with Gasteiger partial charge in [0.25, 0.3) is 5.91 Å². The number of benzene rings is 2. The number of methoxy groups -OCH3 is 1. The number of primary sulfonamides is 1. The summed E-state index contributed by atoms with van der Waals surface area (Å²) in [5, 5.41) is 10.4. The zero-order chi connectivity index (χ0) is 23.3. The Morgan fingerprint density at radius 2 is 1.72 bits per heavy atom. The smallest absolute Gasteiger partial charge is 0.325 e. The molecule has 1 saturated heterocycles. The molecule has 1 heterocycles. The Hall–Kier alpha value is -3.44. The van der Waals surface area contributed by atoms with E-state index in [9.17, 15) is 22.8 Å². The fourth-order valence-electron chi connectivity index (χ4n) is 3.20. The summed E-state index contributed by atoms with van der Waals surface area (Å²) in [6, 6.07) is 11.6. The van der Waals surface area contributed by atoms with E-state index >= 15 is 0 Å². The fourth-order valence-corrected chi connectivity index (χ4v) is 3.71. The molecule has 10 nitrogen and oxygen atoms in total. The van der Waals surface area contributed by atoms with Crippen LogP contribution in [0.3, 0.4) is 0 Å². The van der Waals surface area contributed by atoms with Gasteiger partial charge in [-0.1, -0.05) is 24.3 Å². The number of carbonyl (C=O) groups excluding carboxylic acids is 3. The molecule has 32 heavy (non-hydrogen) atoms. The molecule has 2 aromatic rings. The molecule has 1 aliphatic heterocycles. The largest absolute Gasteiger partial charge is 0.497 e. The first kappa shape index (κ1) is 23.2. The van der Waals surface area contributed by atoms with Crippen LogP contribution in [0.5, 0.6) is 5.75 Å². The van der Waals surface area contributed by atoms with E-state index in [1.54, 1.807) is 43.5 Å². The normalized spacial score (nSPS) is 16.1. The van der Waals surface area contributed by atoms with Gasteiger partial charge in [0.05, 0.1) is 18.6 Å². The van der Waals surface area contributed by atoms with E-state index in [4.69, 9.17) is 9.88 Å². The summed E-state index contributed by atoms with van der Waals surface area (Å²) in [7, 11) is -2.22. The van der Waals surface area contributed by atoms with Gasteiger partial charge in [0.2, 0.25) is 15.9 Å². The van der Waals surface area contributed by atoms with Crippen LogP contribution in [0, 0.1) is 0 Å². The van der Waals surface area contributed by atoms with Crippen molar-refractivity contribution in [1.29, 1.82) is 0 Å². The van der Waals surface area contributed by atoms with Gasteiger partial charge < -0.3 is 15.4 Å². The van der Waals surface area contributed by atoms with Gasteiger partial charge >= 0.3 is 6.03 Å². The van der Waals surface area contributed by atoms with Gasteiger partial charge in [-0.3, -0.25) is 14.5 Å². The predicted molar refractivity (Wildman–Crippen MR) is 115 cm³/mol. The highest BCUT2D eigenvalue weighted by Crippen LogP contribution is 2.17. The number of nitrogens with two attached hydrogens (primary N) is 1. The molecule has 1 fully saturated rings. The van der Waals surface area contributed by atoms with E-state index in [1.165, 1.54) is 12.1 Å². The van der Waals surface area contributed by atoms with Crippen LogP contribution < -0.4 is 20.5 Å². The standard InChI is InChI=1S/C21H24N4O6S/c1-31-16-6-2-15(3-7-16)13-25-20(27)18(24-21(25)28)10-11-19(26)23-12-14-4-8-17(9-5-14)32(22,29)30/h2-9,18H,10-13H2,1H3,(H,23,26)(H,24,28)(H2,22,29,30). The highest BCUT2D eigenvalue weighted by atomic mass is 32.2. The molecule has 0 radical (unpaired) electrons. The molecule has 0 aliphatic carbocycles. The second-order valence-electron chi connectivity index (χ2n) is 7.28. The lowest BCUT2D eigenvalue weighted by molar-refractivity contribution is -0.128. The second kappa shape index (κ2) is 9.79. The van der Waals surface area contributed by atoms with Gasteiger partial charge in [0, 0.05) is 13.0 Å². The topological polar surface area (TPSA) is 148 Å². The molecule has 3 rings (SSSR count). The minimum Gasteiger partial charge on any atom is -0.497 e. The number of nitrogens with one attached hydrogen (secondary N) is 2. The molecule has 4 amide bonds. The lowest BCUT2D eigenvalue weighted by atomic mass is 10.1. The minimum absolute atomic E-state index is 0.0118. The van der Waals surface area contributed by atoms with Crippen LogP contribution >= 0.6 is 0 Å². The number of carbonyl (C=O) groups is 3. The Bertz CT molecular complexity index is 1100. The number of sulfonamides is 1. The van der Waals surface area contributed by atoms with Crippen molar-refractivity contribution in [3.63, 3.8) is 0 Å². The molecule has 0 saturated carbocycles. The van der Waals surface area contributed by atoms with Crippen molar-refractivity contribution < 1.29 is 27.5 Å². The summed E-state index contributed by atoms with van der Waals surface area (Å²) in [6.07, 6.45) is 0.211. The van der Waals surface area contributed by atoms with Crippen LogP contribution in [0.4, 0.5) is 4.79 Å². The zero-order valence-corrected chi connectivity index (χ0v) is 18.2. The third-order valence-corrected chi connectivity index (χ3v) is 5.94. The van der Waals surface area contributed by atoms with Crippen LogP contribution in [0.1, 0.15) is 24.0 Å². The van der Waals surface area contributed by atoms with Crippen LogP contribution in [0.15, 0.2) is 53.4 Å². The van der Waals surface area contributed by atoms with Crippen molar-refractivity contribution in [3.8, 4) is 5.75 Å². The van der Waals surface area contributed by atoms with Crippen molar-refractivity contribution in [1.82, 2.24) is 15.5 Å². The Balaban J connectivity index is 1.47. The van der Waals surface area contributed by atoms with Gasteiger partial charge in [-0.2, -0.15) is 0 Å². The molecule has 170 valence electrons. The maximum Gasteiger partial charge on any atom is 0.325 e. The highest BCUT2D eigenvalue weighted by molar-refractivity contribution is 7.89. The van der Waals surface area contributed by atoms with E-state index in [0.717, 1.165) is 10.5 Å². The number of ether oxygens (including phenoxy) is 1. The summed E-state index contributed by atoms with van der Waals surface area (Å²) in [6.45, 7) is 0.324. The number of amides is 4. The SMILES string of the molecule is COc1ccc(CN2C(=O)NC(CCC(=O)NCc3ccc(S(N)(=O)=O)cc3)C2=O)cc1. The summed E-state index contributed by atoms with van der Waals surface area (Å²) >= 11 is 0. The number of hydrogen-bond acceptors (Lipinski definition) is 6. The van der Waals surface area contributed by atoms with Crippen LogP contribution in [0.25, 0.3) is 0 Å².